The number of anilines is 1. The zero-order valence-corrected chi connectivity index (χ0v) is 16.5. The van der Waals surface area contributed by atoms with Gasteiger partial charge >= 0.3 is 0 Å². The van der Waals surface area contributed by atoms with E-state index >= 15 is 0 Å². The van der Waals surface area contributed by atoms with Crippen LogP contribution in [-0.4, -0.2) is 48.3 Å². The van der Waals surface area contributed by atoms with E-state index < -0.39 is 6.10 Å². The molecule has 1 amide bonds. The summed E-state index contributed by atoms with van der Waals surface area (Å²) in [5.74, 6) is 1.36. The van der Waals surface area contributed by atoms with Crippen molar-refractivity contribution in [2.75, 3.05) is 31.1 Å². The Hall–Kier alpha value is -2.60. The van der Waals surface area contributed by atoms with E-state index in [0.717, 1.165) is 35.8 Å². The van der Waals surface area contributed by atoms with Gasteiger partial charge in [-0.25, -0.2) is 4.98 Å². The maximum absolute atomic E-state index is 12.2. The first-order chi connectivity index (χ1) is 13.0. The highest BCUT2D eigenvalue weighted by Crippen LogP contribution is 2.22. The van der Waals surface area contributed by atoms with Crippen molar-refractivity contribution in [1.82, 2.24) is 10.3 Å². The molecule has 0 aliphatic heterocycles. The number of hydrogen-bond acceptors (Lipinski definition) is 5. The smallest absolute Gasteiger partial charge is 0.252 e. The Kier molecular flexibility index (Phi) is 7.61. The van der Waals surface area contributed by atoms with Gasteiger partial charge in [0.1, 0.15) is 24.3 Å². The van der Waals surface area contributed by atoms with Crippen LogP contribution in [-0.2, 0) is 0 Å². The van der Waals surface area contributed by atoms with E-state index in [-0.39, 0.29) is 19.1 Å². The Labute approximate surface area is 161 Å². The van der Waals surface area contributed by atoms with E-state index in [0.29, 0.717) is 5.56 Å². The van der Waals surface area contributed by atoms with E-state index in [4.69, 9.17) is 4.74 Å². The molecule has 0 radical (unpaired) electrons. The minimum atomic E-state index is -0.795. The van der Waals surface area contributed by atoms with Gasteiger partial charge in [-0.15, -0.1) is 0 Å². The van der Waals surface area contributed by atoms with Gasteiger partial charge in [0.2, 0.25) is 0 Å². The lowest BCUT2D eigenvalue weighted by Crippen LogP contribution is -2.35. The number of hydrogen-bond donors (Lipinski definition) is 2. The van der Waals surface area contributed by atoms with Gasteiger partial charge in [-0.2, -0.15) is 0 Å². The van der Waals surface area contributed by atoms with Gasteiger partial charge in [0.05, 0.1) is 5.56 Å². The molecule has 0 bridgehead atoms. The van der Waals surface area contributed by atoms with E-state index in [1.807, 2.05) is 38.1 Å². The minimum Gasteiger partial charge on any atom is -0.490 e. The summed E-state index contributed by atoms with van der Waals surface area (Å²) in [5.41, 5.74) is 2.50. The molecule has 6 heteroatoms. The van der Waals surface area contributed by atoms with Crippen LogP contribution in [0.2, 0.25) is 0 Å². The molecule has 1 atom stereocenters. The SMILES string of the molecule is CCN(CC)c1ccc(C(=O)NCC(O)COc2c(C)cccc2C)cn1. The first-order valence-electron chi connectivity index (χ1n) is 9.32. The van der Waals surface area contributed by atoms with Crippen molar-refractivity contribution in [3.8, 4) is 5.75 Å². The first kappa shape index (κ1) is 20.7. The van der Waals surface area contributed by atoms with Crippen molar-refractivity contribution >= 4 is 11.7 Å². The fourth-order valence-electron chi connectivity index (χ4n) is 2.83. The number of ether oxygens (including phenoxy) is 1. The van der Waals surface area contributed by atoms with E-state index in [1.165, 1.54) is 0 Å². The van der Waals surface area contributed by atoms with E-state index in [9.17, 15) is 9.90 Å². The Bertz CT molecular complexity index is 723. The number of carbonyl (C=O) groups is 1. The summed E-state index contributed by atoms with van der Waals surface area (Å²) in [4.78, 5) is 18.7. The molecule has 0 fully saturated rings. The van der Waals surface area contributed by atoms with Gasteiger partial charge in [0.15, 0.2) is 0 Å². The molecule has 6 nitrogen and oxygen atoms in total. The molecule has 0 spiro atoms. The Morgan fingerprint density at radius 1 is 1.19 bits per heavy atom. The van der Waals surface area contributed by atoms with Crippen molar-refractivity contribution in [3.63, 3.8) is 0 Å². The van der Waals surface area contributed by atoms with Gasteiger partial charge in [0.25, 0.3) is 5.91 Å². The highest BCUT2D eigenvalue weighted by molar-refractivity contribution is 5.94. The number of aliphatic hydroxyl groups is 1. The number of nitrogens with one attached hydrogen (secondary N) is 1. The molecule has 2 aromatic rings. The fraction of sp³-hybridized carbons (Fsp3) is 0.429. The molecule has 2 N–H and O–H groups in total. The van der Waals surface area contributed by atoms with Crippen LogP contribution < -0.4 is 15.0 Å². The molecule has 2 rings (SSSR count). The van der Waals surface area contributed by atoms with Crippen LogP contribution in [0, 0.1) is 13.8 Å². The summed E-state index contributed by atoms with van der Waals surface area (Å²) < 4.78 is 5.71. The fourth-order valence-corrected chi connectivity index (χ4v) is 2.83. The van der Waals surface area contributed by atoms with Gasteiger partial charge < -0.3 is 20.1 Å². The molecule has 1 heterocycles. The highest BCUT2D eigenvalue weighted by Gasteiger charge is 2.12. The number of rotatable bonds is 9. The van der Waals surface area contributed by atoms with Gasteiger partial charge in [-0.1, -0.05) is 18.2 Å². The molecule has 0 aliphatic rings. The molecule has 1 unspecified atom stereocenters. The number of para-hydroxylation sites is 1. The topological polar surface area (TPSA) is 74.7 Å². The summed E-state index contributed by atoms with van der Waals surface area (Å²) in [6.45, 7) is 10.0. The van der Waals surface area contributed by atoms with Crippen LogP contribution in [0.25, 0.3) is 0 Å². The lowest BCUT2D eigenvalue weighted by molar-refractivity contribution is 0.0841. The average molecular weight is 371 g/mol. The van der Waals surface area contributed by atoms with Crippen molar-refractivity contribution in [2.45, 2.75) is 33.8 Å². The number of amides is 1. The van der Waals surface area contributed by atoms with Crippen LogP contribution in [0.1, 0.15) is 35.3 Å². The molecule has 27 heavy (non-hydrogen) atoms. The van der Waals surface area contributed by atoms with Crippen LogP contribution >= 0.6 is 0 Å². The minimum absolute atomic E-state index is 0.113. The predicted octanol–water partition coefficient (Wildman–Crippen LogP) is 2.71. The molecule has 0 aliphatic carbocycles. The van der Waals surface area contributed by atoms with Crippen LogP contribution in [0.5, 0.6) is 5.75 Å². The molecule has 0 saturated carbocycles. The number of pyridine rings is 1. The van der Waals surface area contributed by atoms with Gasteiger partial charge in [-0.3, -0.25) is 4.79 Å². The predicted molar refractivity (Wildman–Crippen MR) is 108 cm³/mol. The number of carbonyl (C=O) groups excluding carboxylic acids is 1. The zero-order valence-electron chi connectivity index (χ0n) is 16.5. The third kappa shape index (κ3) is 5.69. The van der Waals surface area contributed by atoms with Crippen LogP contribution in [0.3, 0.4) is 0 Å². The standard InChI is InChI=1S/C21H29N3O3/c1-5-24(6-2)19-11-10-17(12-22-19)21(26)23-13-18(25)14-27-20-15(3)8-7-9-16(20)4/h7-12,18,25H,5-6,13-14H2,1-4H3,(H,23,26). The third-order valence-corrected chi connectivity index (χ3v) is 4.42. The molecular formula is C21H29N3O3. The van der Waals surface area contributed by atoms with Crippen LogP contribution in [0.4, 0.5) is 5.82 Å². The van der Waals surface area contributed by atoms with Gasteiger partial charge in [-0.05, 0) is 51.0 Å². The first-order valence-corrected chi connectivity index (χ1v) is 9.32. The summed E-state index contributed by atoms with van der Waals surface area (Å²) in [7, 11) is 0. The Morgan fingerprint density at radius 3 is 2.41 bits per heavy atom. The number of nitrogens with zero attached hydrogens (tertiary/aromatic N) is 2. The average Bonchev–Trinajstić information content (AvgIpc) is 2.67. The van der Waals surface area contributed by atoms with Gasteiger partial charge in [0, 0.05) is 25.8 Å². The second kappa shape index (κ2) is 9.92. The van der Waals surface area contributed by atoms with Crippen molar-refractivity contribution < 1.29 is 14.6 Å². The Balaban J connectivity index is 1.84. The lowest BCUT2D eigenvalue weighted by Gasteiger charge is -2.19. The summed E-state index contributed by atoms with van der Waals surface area (Å²) >= 11 is 0. The monoisotopic (exact) mass is 371 g/mol. The number of aliphatic hydroxyl groups excluding tert-OH is 1. The second-order valence-electron chi connectivity index (χ2n) is 6.47. The maximum Gasteiger partial charge on any atom is 0.252 e. The summed E-state index contributed by atoms with van der Waals surface area (Å²) in [6, 6.07) is 9.47. The molecule has 1 aromatic heterocycles. The van der Waals surface area contributed by atoms with Crippen molar-refractivity contribution in [3.05, 3.63) is 53.2 Å². The summed E-state index contributed by atoms with van der Waals surface area (Å²) in [5, 5.41) is 12.8. The highest BCUT2D eigenvalue weighted by atomic mass is 16.5. The normalized spacial score (nSPS) is 11.7. The molecule has 1 aromatic carbocycles. The maximum atomic E-state index is 12.2. The zero-order chi connectivity index (χ0) is 19.8. The second-order valence-corrected chi connectivity index (χ2v) is 6.47. The Morgan fingerprint density at radius 2 is 1.85 bits per heavy atom. The molecule has 146 valence electrons. The number of aromatic nitrogens is 1. The van der Waals surface area contributed by atoms with Crippen molar-refractivity contribution in [1.29, 1.82) is 0 Å². The summed E-state index contributed by atoms with van der Waals surface area (Å²) in [6.07, 6.45) is 0.763. The third-order valence-electron chi connectivity index (χ3n) is 4.42. The molecular weight excluding hydrogens is 342 g/mol. The largest absolute Gasteiger partial charge is 0.490 e. The quantitative estimate of drug-likeness (QED) is 0.709. The van der Waals surface area contributed by atoms with Crippen molar-refractivity contribution in [2.24, 2.45) is 0 Å². The lowest BCUT2D eigenvalue weighted by atomic mass is 10.1. The van der Waals surface area contributed by atoms with Crippen LogP contribution in [0.15, 0.2) is 36.5 Å². The number of benzene rings is 1. The van der Waals surface area contributed by atoms with E-state index in [1.54, 1.807) is 12.3 Å². The molecule has 0 saturated heterocycles. The van der Waals surface area contributed by atoms with E-state index in [2.05, 4.69) is 29.0 Å². The number of aryl methyl sites for hydroxylation is 2.